The molecule has 2 aromatic rings. The fraction of sp³-hybridized carbons (Fsp3) is 0.154. The third-order valence-electron chi connectivity index (χ3n) is 2.23. The first kappa shape index (κ1) is 10.6. The summed E-state index contributed by atoms with van der Waals surface area (Å²) < 4.78 is 5.65. The second-order valence-corrected chi connectivity index (χ2v) is 3.50. The Kier molecular flexibility index (Phi) is 3.17. The molecule has 82 valence electrons. The molecule has 0 aliphatic heterocycles. The van der Waals surface area contributed by atoms with Gasteiger partial charge in [0, 0.05) is 11.8 Å². The summed E-state index contributed by atoms with van der Waals surface area (Å²) in [5, 5.41) is 9.59. The van der Waals surface area contributed by atoms with Crippen LogP contribution in [-0.2, 0) is 0 Å². The predicted molar refractivity (Wildman–Crippen MR) is 61.4 cm³/mol. The molecular weight excluding hydrogens is 202 g/mol. The van der Waals surface area contributed by atoms with E-state index in [4.69, 9.17) is 4.74 Å². The Bertz CT molecular complexity index is 454. The molecule has 1 heterocycles. The number of aromatic nitrogens is 1. The average molecular weight is 215 g/mol. The Morgan fingerprint density at radius 1 is 1.19 bits per heavy atom. The second kappa shape index (κ2) is 4.77. The van der Waals surface area contributed by atoms with Crippen molar-refractivity contribution in [1.82, 2.24) is 4.98 Å². The lowest BCUT2D eigenvalue weighted by Gasteiger charge is -2.12. The van der Waals surface area contributed by atoms with Crippen molar-refractivity contribution >= 4 is 0 Å². The highest BCUT2D eigenvalue weighted by Crippen LogP contribution is 2.28. The van der Waals surface area contributed by atoms with Gasteiger partial charge in [-0.25, -0.2) is 0 Å². The maximum Gasteiger partial charge on any atom is 0.145 e. The molecule has 0 aliphatic rings. The van der Waals surface area contributed by atoms with Crippen LogP contribution in [0.25, 0.3) is 0 Å². The van der Waals surface area contributed by atoms with E-state index >= 15 is 0 Å². The number of nitrogens with zero attached hydrogens (tertiary/aromatic N) is 1. The minimum atomic E-state index is -0.548. The van der Waals surface area contributed by atoms with Crippen molar-refractivity contribution in [1.29, 1.82) is 0 Å². The van der Waals surface area contributed by atoms with Gasteiger partial charge in [-0.2, -0.15) is 0 Å². The highest BCUT2D eigenvalue weighted by Gasteiger charge is 2.08. The molecule has 16 heavy (non-hydrogen) atoms. The van der Waals surface area contributed by atoms with Crippen LogP contribution in [0.4, 0.5) is 0 Å². The molecule has 0 fully saturated rings. The molecule has 1 aromatic carbocycles. The van der Waals surface area contributed by atoms with Gasteiger partial charge in [-0.05, 0) is 25.1 Å². The van der Waals surface area contributed by atoms with Gasteiger partial charge in [0.1, 0.15) is 11.5 Å². The molecule has 1 aromatic heterocycles. The number of aliphatic hydroxyl groups is 1. The Balaban J connectivity index is 2.28. The summed E-state index contributed by atoms with van der Waals surface area (Å²) in [6.07, 6.45) is 2.78. The van der Waals surface area contributed by atoms with E-state index in [1.165, 1.54) is 0 Å². The summed E-state index contributed by atoms with van der Waals surface area (Å²) in [5.41, 5.74) is 0.770. The lowest BCUT2D eigenvalue weighted by atomic mass is 10.1. The summed E-state index contributed by atoms with van der Waals surface area (Å²) >= 11 is 0. The number of rotatable bonds is 3. The molecule has 1 N–H and O–H groups in total. The molecule has 0 aliphatic carbocycles. The van der Waals surface area contributed by atoms with Gasteiger partial charge >= 0.3 is 0 Å². The number of ether oxygens (including phenoxy) is 1. The molecule has 0 bridgehead atoms. The van der Waals surface area contributed by atoms with Crippen LogP contribution in [-0.4, -0.2) is 10.1 Å². The van der Waals surface area contributed by atoms with Gasteiger partial charge in [0.25, 0.3) is 0 Å². The first-order valence-electron chi connectivity index (χ1n) is 5.12. The quantitative estimate of drug-likeness (QED) is 0.855. The zero-order valence-corrected chi connectivity index (χ0v) is 9.00. The molecular formula is C13H13NO2. The molecule has 3 nitrogen and oxygen atoms in total. The molecule has 3 heteroatoms. The van der Waals surface area contributed by atoms with Gasteiger partial charge in [0.05, 0.1) is 12.3 Å². The van der Waals surface area contributed by atoms with Gasteiger partial charge in [-0.1, -0.05) is 18.2 Å². The SMILES string of the molecule is CC(O)c1ccccc1Oc1cccnc1. The van der Waals surface area contributed by atoms with E-state index in [2.05, 4.69) is 4.98 Å². The molecule has 0 saturated heterocycles. The number of aliphatic hydroxyl groups excluding tert-OH is 1. The van der Waals surface area contributed by atoms with Crippen molar-refractivity contribution in [2.45, 2.75) is 13.0 Å². The molecule has 2 rings (SSSR count). The van der Waals surface area contributed by atoms with Crippen molar-refractivity contribution < 1.29 is 9.84 Å². The Hall–Kier alpha value is -1.87. The van der Waals surface area contributed by atoms with Crippen LogP contribution in [0, 0.1) is 0 Å². The summed E-state index contributed by atoms with van der Waals surface area (Å²) in [6.45, 7) is 1.71. The third-order valence-corrected chi connectivity index (χ3v) is 2.23. The van der Waals surface area contributed by atoms with Gasteiger partial charge in [0.2, 0.25) is 0 Å². The van der Waals surface area contributed by atoms with Crippen LogP contribution >= 0.6 is 0 Å². The van der Waals surface area contributed by atoms with E-state index in [9.17, 15) is 5.11 Å². The minimum absolute atomic E-state index is 0.548. The van der Waals surface area contributed by atoms with E-state index in [0.29, 0.717) is 11.5 Å². The van der Waals surface area contributed by atoms with E-state index < -0.39 is 6.10 Å². The fourth-order valence-electron chi connectivity index (χ4n) is 1.45. The molecule has 1 atom stereocenters. The summed E-state index contributed by atoms with van der Waals surface area (Å²) in [5.74, 6) is 1.32. The normalized spacial score (nSPS) is 12.1. The van der Waals surface area contributed by atoms with Gasteiger partial charge in [-0.3, -0.25) is 4.98 Å². The smallest absolute Gasteiger partial charge is 0.145 e. The highest BCUT2D eigenvalue weighted by atomic mass is 16.5. The maximum absolute atomic E-state index is 9.59. The van der Waals surface area contributed by atoms with Crippen molar-refractivity contribution in [2.24, 2.45) is 0 Å². The van der Waals surface area contributed by atoms with Crippen LogP contribution < -0.4 is 4.74 Å². The maximum atomic E-state index is 9.59. The third kappa shape index (κ3) is 2.38. The van der Waals surface area contributed by atoms with Gasteiger partial charge in [-0.15, -0.1) is 0 Å². The topological polar surface area (TPSA) is 42.4 Å². The Morgan fingerprint density at radius 2 is 2.00 bits per heavy atom. The first-order chi connectivity index (χ1) is 7.77. The van der Waals surface area contributed by atoms with Crippen LogP contribution in [0.15, 0.2) is 48.8 Å². The molecule has 0 amide bonds. The fourth-order valence-corrected chi connectivity index (χ4v) is 1.45. The summed E-state index contributed by atoms with van der Waals surface area (Å²) in [6, 6.07) is 11.0. The summed E-state index contributed by atoms with van der Waals surface area (Å²) in [4.78, 5) is 3.97. The lowest BCUT2D eigenvalue weighted by molar-refractivity contribution is 0.195. The predicted octanol–water partition coefficient (Wildman–Crippen LogP) is 2.93. The van der Waals surface area contributed by atoms with Gasteiger partial charge < -0.3 is 9.84 Å². The Morgan fingerprint density at radius 3 is 2.69 bits per heavy atom. The Labute approximate surface area is 94.3 Å². The number of benzene rings is 1. The average Bonchev–Trinajstić information content (AvgIpc) is 2.31. The van der Waals surface area contributed by atoms with E-state index in [1.807, 2.05) is 30.3 Å². The first-order valence-corrected chi connectivity index (χ1v) is 5.12. The number of pyridine rings is 1. The van der Waals surface area contributed by atoms with Crippen LogP contribution in [0.3, 0.4) is 0 Å². The lowest BCUT2D eigenvalue weighted by Crippen LogP contribution is -1.95. The standard InChI is InChI=1S/C13H13NO2/c1-10(15)12-6-2-3-7-13(12)16-11-5-4-8-14-9-11/h2-10,15H,1H3. The largest absolute Gasteiger partial charge is 0.455 e. The molecule has 1 unspecified atom stereocenters. The number of hydrogen-bond acceptors (Lipinski definition) is 3. The minimum Gasteiger partial charge on any atom is -0.455 e. The van der Waals surface area contributed by atoms with E-state index in [1.54, 1.807) is 25.4 Å². The van der Waals surface area contributed by atoms with Crippen LogP contribution in [0.1, 0.15) is 18.6 Å². The monoisotopic (exact) mass is 215 g/mol. The van der Waals surface area contributed by atoms with E-state index in [-0.39, 0.29) is 0 Å². The molecule has 0 radical (unpaired) electrons. The van der Waals surface area contributed by atoms with Gasteiger partial charge in [0.15, 0.2) is 0 Å². The number of hydrogen-bond donors (Lipinski definition) is 1. The number of para-hydroxylation sites is 1. The van der Waals surface area contributed by atoms with Crippen molar-refractivity contribution in [3.8, 4) is 11.5 Å². The van der Waals surface area contributed by atoms with E-state index in [0.717, 1.165) is 5.56 Å². The zero-order chi connectivity index (χ0) is 11.4. The van der Waals surface area contributed by atoms with Crippen molar-refractivity contribution in [3.63, 3.8) is 0 Å². The van der Waals surface area contributed by atoms with Crippen LogP contribution in [0.2, 0.25) is 0 Å². The van der Waals surface area contributed by atoms with Crippen molar-refractivity contribution in [2.75, 3.05) is 0 Å². The second-order valence-electron chi connectivity index (χ2n) is 3.50. The molecule has 0 spiro atoms. The van der Waals surface area contributed by atoms with Crippen LogP contribution in [0.5, 0.6) is 11.5 Å². The zero-order valence-electron chi connectivity index (χ0n) is 9.00. The van der Waals surface area contributed by atoms with Crippen molar-refractivity contribution in [3.05, 3.63) is 54.4 Å². The molecule has 0 saturated carbocycles. The highest BCUT2D eigenvalue weighted by molar-refractivity contribution is 5.38. The summed E-state index contributed by atoms with van der Waals surface area (Å²) in [7, 11) is 0.